The molecule has 0 aromatic heterocycles. The van der Waals surface area contributed by atoms with Crippen LogP contribution in [-0.2, 0) is 23.9 Å². The Morgan fingerprint density at radius 2 is 2.17 bits per heavy atom. The molecule has 102 valence electrons. The number of methoxy groups -OCH3 is 1. The van der Waals surface area contributed by atoms with Crippen LogP contribution in [0, 0.1) is 0 Å². The van der Waals surface area contributed by atoms with Gasteiger partial charge in [0, 0.05) is 13.0 Å². The maximum atomic E-state index is 11.4. The zero-order valence-corrected chi connectivity index (χ0v) is 9.92. The molecule has 1 heterocycles. The van der Waals surface area contributed by atoms with Gasteiger partial charge < -0.3 is 25.6 Å². The highest BCUT2D eigenvalue weighted by molar-refractivity contribution is 5.82. The van der Waals surface area contributed by atoms with Crippen molar-refractivity contribution >= 4 is 17.9 Å². The third-order valence-electron chi connectivity index (χ3n) is 2.58. The fraction of sp³-hybridized carbons (Fsp3) is 0.700. The van der Waals surface area contributed by atoms with E-state index in [0.29, 0.717) is 0 Å². The van der Waals surface area contributed by atoms with E-state index < -0.39 is 36.1 Å². The van der Waals surface area contributed by atoms with E-state index in [1.165, 1.54) is 7.11 Å². The van der Waals surface area contributed by atoms with Gasteiger partial charge in [0.05, 0.1) is 13.5 Å². The molecule has 1 fully saturated rings. The van der Waals surface area contributed by atoms with E-state index in [9.17, 15) is 14.4 Å². The van der Waals surface area contributed by atoms with Crippen LogP contribution in [0.15, 0.2) is 0 Å². The van der Waals surface area contributed by atoms with Gasteiger partial charge in [0.25, 0.3) is 0 Å². The van der Waals surface area contributed by atoms with Gasteiger partial charge in [0.2, 0.25) is 0 Å². The summed E-state index contributed by atoms with van der Waals surface area (Å²) in [5.74, 6) is -2.33. The van der Waals surface area contributed by atoms with Crippen molar-refractivity contribution in [3.63, 3.8) is 0 Å². The molecule has 4 N–H and O–H groups in total. The van der Waals surface area contributed by atoms with Gasteiger partial charge in [0.15, 0.2) is 0 Å². The molecule has 0 aromatic rings. The van der Waals surface area contributed by atoms with Gasteiger partial charge in [-0.05, 0) is 0 Å². The van der Waals surface area contributed by atoms with Crippen molar-refractivity contribution in [1.82, 2.24) is 5.32 Å². The molecule has 1 unspecified atom stereocenters. The summed E-state index contributed by atoms with van der Waals surface area (Å²) >= 11 is 0. The Morgan fingerprint density at radius 1 is 1.50 bits per heavy atom. The second-order valence-corrected chi connectivity index (χ2v) is 3.98. The molecule has 1 rings (SSSR count). The van der Waals surface area contributed by atoms with E-state index in [0.717, 1.165) is 0 Å². The Hall–Kier alpha value is -1.67. The standard InChI is InChI=1S/C10H16N2O6/c1-17-10(16)6(11)3-8(13)18-5-2-7(9(14)15)12-4-5/h5-7,12H,2-4,11H2,1H3,(H,14,15)/t5-,6?,7+/m1/s1. The van der Waals surface area contributed by atoms with Gasteiger partial charge in [-0.3, -0.25) is 14.4 Å². The molecule has 1 saturated heterocycles. The second-order valence-electron chi connectivity index (χ2n) is 3.98. The molecule has 3 atom stereocenters. The van der Waals surface area contributed by atoms with Crippen LogP contribution in [0.5, 0.6) is 0 Å². The first-order chi connectivity index (χ1) is 8.43. The molecule has 8 heteroatoms. The van der Waals surface area contributed by atoms with Crippen molar-refractivity contribution in [1.29, 1.82) is 0 Å². The SMILES string of the molecule is COC(=O)C(N)CC(=O)O[C@H]1CN[C@H](C(=O)O)C1. The predicted molar refractivity (Wildman–Crippen MR) is 58.5 cm³/mol. The zero-order valence-electron chi connectivity index (χ0n) is 9.92. The van der Waals surface area contributed by atoms with E-state index in [4.69, 9.17) is 15.6 Å². The fourth-order valence-corrected chi connectivity index (χ4v) is 1.63. The monoisotopic (exact) mass is 260 g/mol. The lowest BCUT2D eigenvalue weighted by Crippen LogP contribution is -2.35. The minimum atomic E-state index is -1.06. The Kier molecular flexibility index (Phi) is 5.05. The fourth-order valence-electron chi connectivity index (χ4n) is 1.63. The quantitative estimate of drug-likeness (QED) is 0.496. The Bertz CT molecular complexity index is 345. The van der Waals surface area contributed by atoms with Crippen molar-refractivity contribution in [2.24, 2.45) is 5.73 Å². The molecule has 0 spiro atoms. The van der Waals surface area contributed by atoms with Gasteiger partial charge in [0.1, 0.15) is 18.2 Å². The van der Waals surface area contributed by atoms with Gasteiger partial charge >= 0.3 is 17.9 Å². The minimum absolute atomic E-state index is 0.203. The number of carboxylic acids is 1. The number of carbonyl (C=O) groups excluding carboxylic acids is 2. The largest absolute Gasteiger partial charge is 0.480 e. The maximum Gasteiger partial charge on any atom is 0.323 e. The first-order valence-electron chi connectivity index (χ1n) is 5.43. The molecule has 1 aliphatic heterocycles. The number of nitrogens with one attached hydrogen (secondary N) is 1. The van der Waals surface area contributed by atoms with Crippen LogP contribution >= 0.6 is 0 Å². The topological polar surface area (TPSA) is 128 Å². The van der Waals surface area contributed by atoms with Crippen molar-refractivity contribution in [3.8, 4) is 0 Å². The summed E-state index contributed by atoms with van der Waals surface area (Å²) in [5.41, 5.74) is 5.39. The summed E-state index contributed by atoms with van der Waals surface area (Å²) in [4.78, 5) is 33.1. The number of carbonyl (C=O) groups is 3. The highest BCUT2D eigenvalue weighted by Gasteiger charge is 2.32. The lowest BCUT2D eigenvalue weighted by Gasteiger charge is -2.13. The summed E-state index contributed by atoms with van der Waals surface area (Å²) in [7, 11) is 1.17. The second kappa shape index (κ2) is 6.31. The van der Waals surface area contributed by atoms with Crippen LogP contribution in [0.4, 0.5) is 0 Å². The molecule has 0 aromatic carbocycles. The molecule has 0 saturated carbocycles. The molecular weight excluding hydrogens is 244 g/mol. The summed E-state index contributed by atoms with van der Waals surface area (Å²) in [6, 6.07) is -1.77. The van der Waals surface area contributed by atoms with Gasteiger partial charge in [-0.1, -0.05) is 0 Å². The number of rotatable bonds is 5. The molecule has 0 aliphatic carbocycles. The lowest BCUT2D eigenvalue weighted by atomic mass is 10.2. The number of carboxylic acid groups (broad SMARTS) is 1. The number of ether oxygens (including phenoxy) is 2. The van der Waals surface area contributed by atoms with Crippen molar-refractivity contribution in [3.05, 3.63) is 0 Å². The normalized spacial score (nSPS) is 24.3. The molecule has 0 radical (unpaired) electrons. The van der Waals surface area contributed by atoms with Gasteiger partial charge in [-0.2, -0.15) is 0 Å². The number of esters is 2. The molecule has 0 bridgehead atoms. The summed E-state index contributed by atoms with van der Waals surface area (Å²) in [5, 5.41) is 11.4. The minimum Gasteiger partial charge on any atom is -0.480 e. The Labute approximate surface area is 103 Å². The van der Waals surface area contributed by atoms with Crippen molar-refractivity contribution < 1.29 is 29.0 Å². The molecule has 18 heavy (non-hydrogen) atoms. The van der Waals surface area contributed by atoms with Crippen LogP contribution in [-0.4, -0.2) is 54.9 Å². The molecule has 1 aliphatic rings. The Morgan fingerprint density at radius 3 is 2.67 bits per heavy atom. The predicted octanol–water partition coefficient (Wildman–Crippen LogP) is -1.76. The molecular formula is C10H16N2O6. The highest BCUT2D eigenvalue weighted by atomic mass is 16.5. The number of aliphatic carboxylic acids is 1. The van der Waals surface area contributed by atoms with Crippen LogP contribution in [0.1, 0.15) is 12.8 Å². The summed E-state index contributed by atoms with van der Waals surface area (Å²) in [6.45, 7) is 0.274. The molecule has 8 nitrogen and oxygen atoms in total. The third kappa shape index (κ3) is 3.97. The summed E-state index contributed by atoms with van der Waals surface area (Å²) < 4.78 is 9.37. The van der Waals surface area contributed by atoms with Crippen LogP contribution < -0.4 is 11.1 Å². The average Bonchev–Trinajstić information content (AvgIpc) is 2.76. The third-order valence-corrected chi connectivity index (χ3v) is 2.58. The number of nitrogens with two attached hydrogens (primary N) is 1. The number of hydrogen-bond donors (Lipinski definition) is 3. The van der Waals surface area contributed by atoms with E-state index in [1.807, 2.05) is 0 Å². The van der Waals surface area contributed by atoms with Crippen molar-refractivity contribution in [2.45, 2.75) is 31.0 Å². The average molecular weight is 260 g/mol. The molecule has 0 amide bonds. The van der Waals surface area contributed by atoms with Gasteiger partial charge in [-0.25, -0.2) is 0 Å². The smallest absolute Gasteiger partial charge is 0.323 e. The first kappa shape index (κ1) is 14.4. The highest BCUT2D eigenvalue weighted by Crippen LogP contribution is 2.11. The van der Waals surface area contributed by atoms with Crippen LogP contribution in [0.3, 0.4) is 0 Å². The van der Waals surface area contributed by atoms with E-state index in [1.54, 1.807) is 0 Å². The first-order valence-corrected chi connectivity index (χ1v) is 5.43. The van der Waals surface area contributed by atoms with Crippen LogP contribution in [0.25, 0.3) is 0 Å². The van der Waals surface area contributed by atoms with Gasteiger partial charge in [-0.15, -0.1) is 0 Å². The Balaban J connectivity index is 2.33. The van der Waals surface area contributed by atoms with E-state index >= 15 is 0 Å². The maximum absolute atomic E-state index is 11.4. The van der Waals surface area contributed by atoms with Crippen molar-refractivity contribution in [2.75, 3.05) is 13.7 Å². The van der Waals surface area contributed by atoms with E-state index in [-0.39, 0.29) is 19.4 Å². The zero-order chi connectivity index (χ0) is 13.7. The number of hydrogen-bond acceptors (Lipinski definition) is 7. The summed E-state index contributed by atoms with van der Waals surface area (Å²) in [6.07, 6.45) is -0.599. The van der Waals surface area contributed by atoms with E-state index in [2.05, 4.69) is 10.1 Å². The lowest BCUT2D eigenvalue weighted by molar-refractivity contribution is -0.153. The van der Waals surface area contributed by atoms with Crippen LogP contribution in [0.2, 0.25) is 0 Å².